The number of ether oxygens (including phenoxy) is 1. The van der Waals surface area contributed by atoms with E-state index in [2.05, 4.69) is 5.10 Å². The second-order valence-electron chi connectivity index (χ2n) is 3.93. The van der Waals surface area contributed by atoms with Gasteiger partial charge in [-0.2, -0.15) is 5.10 Å². The third-order valence-corrected chi connectivity index (χ3v) is 2.66. The monoisotopic (exact) mass is 209 g/mol. The number of hydrogen-bond donors (Lipinski definition) is 1. The van der Waals surface area contributed by atoms with Crippen LogP contribution in [0.25, 0.3) is 0 Å². The highest BCUT2D eigenvalue weighted by Crippen LogP contribution is 2.14. The van der Waals surface area contributed by atoms with E-state index in [1.54, 1.807) is 4.68 Å². The van der Waals surface area contributed by atoms with E-state index in [4.69, 9.17) is 10.5 Å². The lowest BCUT2D eigenvalue weighted by atomic mass is 9.96. The van der Waals surface area contributed by atoms with Crippen LogP contribution in [-0.2, 0) is 23.0 Å². The second-order valence-corrected chi connectivity index (χ2v) is 3.93. The van der Waals surface area contributed by atoms with Gasteiger partial charge in [-0.15, -0.1) is 0 Å². The van der Waals surface area contributed by atoms with Crippen LogP contribution >= 0.6 is 0 Å². The minimum absolute atomic E-state index is 0.124. The van der Waals surface area contributed by atoms with Gasteiger partial charge < -0.3 is 10.5 Å². The molecule has 0 radical (unpaired) electrons. The summed E-state index contributed by atoms with van der Waals surface area (Å²) in [6, 6.07) is 1.69. The zero-order valence-electron chi connectivity index (χ0n) is 8.72. The Labute approximate surface area is 88.2 Å². The van der Waals surface area contributed by atoms with Crippen molar-refractivity contribution in [2.45, 2.75) is 12.5 Å². The highest BCUT2D eigenvalue weighted by Gasteiger charge is 2.31. The molecule has 2 N–H and O–H groups in total. The Hall–Kier alpha value is -1.20. The van der Waals surface area contributed by atoms with Crippen LogP contribution in [0, 0.1) is 5.92 Å². The van der Waals surface area contributed by atoms with E-state index in [1.807, 2.05) is 19.3 Å². The van der Waals surface area contributed by atoms with Crippen LogP contribution in [-0.4, -0.2) is 34.8 Å². The highest BCUT2D eigenvalue weighted by molar-refractivity contribution is 5.83. The lowest BCUT2D eigenvalue weighted by molar-refractivity contribution is -0.122. The first-order valence-electron chi connectivity index (χ1n) is 5.01. The number of hydrogen-bond acceptors (Lipinski definition) is 4. The van der Waals surface area contributed by atoms with Gasteiger partial charge in [-0.3, -0.25) is 9.48 Å². The molecule has 0 saturated carbocycles. The second kappa shape index (κ2) is 4.12. The van der Waals surface area contributed by atoms with E-state index in [9.17, 15) is 4.79 Å². The van der Waals surface area contributed by atoms with Crippen molar-refractivity contribution in [2.75, 3.05) is 13.2 Å². The lowest BCUT2D eigenvalue weighted by Gasteiger charge is -2.10. The first-order valence-corrected chi connectivity index (χ1v) is 5.01. The summed E-state index contributed by atoms with van der Waals surface area (Å²) in [4.78, 5) is 11.8. The molecule has 0 aromatic carbocycles. The maximum Gasteiger partial charge on any atom is 0.145 e. The lowest BCUT2D eigenvalue weighted by Crippen LogP contribution is -2.34. The topological polar surface area (TPSA) is 70.1 Å². The average Bonchev–Trinajstić information content (AvgIpc) is 2.75. The number of nitrogens with two attached hydrogens (primary N) is 1. The van der Waals surface area contributed by atoms with Crippen molar-refractivity contribution in [3.05, 3.63) is 18.0 Å². The molecule has 2 heterocycles. The predicted molar refractivity (Wildman–Crippen MR) is 54.2 cm³/mol. The fraction of sp³-hybridized carbons (Fsp3) is 0.600. The predicted octanol–water partition coefficient (Wildman–Crippen LogP) is -0.495. The van der Waals surface area contributed by atoms with E-state index in [0.29, 0.717) is 19.6 Å². The van der Waals surface area contributed by atoms with Crippen LogP contribution in [0.15, 0.2) is 12.3 Å². The molecule has 1 fully saturated rings. The standard InChI is InChI=1S/C10H15N3O2/c1-13-3-2-7(12-13)4-10(14)8-5-15-6-9(8)11/h2-3,8-9H,4-6,11H2,1H3. The number of aryl methyl sites for hydroxylation is 1. The van der Waals surface area contributed by atoms with Gasteiger partial charge in [-0.1, -0.05) is 0 Å². The van der Waals surface area contributed by atoms with Crippen LogP contribution in [0.1, 0.15) is 5.69 Å². The zero-order chi connectivity index (χ0) is 10.8. The van der Waals surface area contributed by atoms with Gasteiger partial charge in [0.25, 0.3) is 0 Å². The molecule has 1 saturated heterocycles. The summed E-state index contributed by atoms with van der Waals surface area (Å²) in [7, 11) is 1.83. The van der Waals surface area contributed by atoms with Crippen molar-refractivity contribution < 1.29 is 9.53 Å². The molecule has 0 aliphatic carbocycles. The fourth-order valence-corrected chi connectivity index (χ4v) is 1.77. The third-order valence-electron chi connectivity index (χ3n) is 2.66. The Morgan fingerprint density at radius 3 is 3.07 bits per heavy atom. The van der Waals surface area contributed by atoms with Gasteiger partial charge in [-0.25, -0.2) is 0 Å². The molecule has 2 rings (SSSR count). The van der Waals surface area contributed by atoms with Crippen LogP contribution in [0.5, 0.6) is 0 Å². The van der Waals surface area contributed by atoms with Crippen LogP contribution in [0.2, 0.25) is 0 Å². The number of aromatic nitrogens is 2. The van der Waals surface area contributed by atoms with Crippen molar-refractivity contribution >= 4 is 5.78 Å². The molecule has 0 amide bonds. The van der Waals surface area contributed by atoms with Crippen molar-refractivity contribution in [2.24, 2.45) is 18.7 Å². The Morgan fingerprint density at radius 1 is 1.73 bits per heavy atom. The molecule has 1 aliphatic rings. The minimum atomic E-state index is -0.160. The smallest absolute Gasteiger partial charge is 0.145 e. The number of carbonyl (C=O) groups excluding carboxylic acids is 1. The van der Waals surface area contributed by atoms with Gasteiger partial charge in [0.15, 0.2) is 0 Å². The van der Waals surface area contributed by atoms with Gasteiger partial charge >= 0.3 is 0 Å². The maximum absolute atomic E-state index is 11.8. The SMILES string of the molecule is Cn1ccc(CC(=O)C2COCC2N)n1. The summed E-state index contributed by atoms with van der Waals surface area (Å²) in [5.41, 5.74) is 6.56. The van der Waals surface area contributed by atoms with E-state index in [1.165, 1.54) is 0 Å². The molecule has 1 aliphatic heterocycles. The Kier molecular flexibility index (Phi) is 2.83. The average molecular weight is 209 g/mol. The van der Waals surface area contributed by atoms with Crippen LogP contribution < -0.4 is 5.73 Å². The van der Waals surface area contributed by atoms with E-state index in [-0.39, 0.29) is 17.7 Å². The molecule has 1 aromatic rings. The molecular formula is C10H15N3O2. The van der Waals surface area contributed by atoms with Gasteiger partial charge in [-0.05, 0) is 6.07 Å². The van der Waals surface area contributed by atoms with Crippen molar-refractivity contribution in [3.8, 4) is 0 Å². The first-order chi connectivity index (χ1) is 7.16. The van der Waals surface area contributed by atoms with Crippen molar-refractivity contribution in [1.29, 1.82) is 0 Å². The summed E-state index contributed by atoms with van der Waals surface area (Å²) in [6.45, 7) is 0.936. The molecule has 2 atom stereocenters. The molecular weight excluding hydrogens is 194 g/mol. The molecule has 15 heavy (non-hydrogen) atoms. The molecule has 1 aromatic heterocycles. The molecule has 82 valence electrons. The fourth-order valence-electron chi connectivity index (χ4n) is 1.77. The summed E-state index contributed by atoms with van der Waals surface area (Å²) in [5.74, 6) is -0.0364. The van der Waals surface area contributed by atoms with Gasteiger partial charge in [0.05, 0.1) is 31.2 Å². The summed E-state index contributed by atoms with van der Waals surface area (Å²) in [5, 5.41) is 4.16. The van der Waals surface area contributed by atoms with E-state index < -0.39 is 0 Å². The Morgan fingerprint density at radius 2 is 2.53 bits per heavy atom. The molecule has 5 nitrogen and oxygen atoms in total. The molecule has 0 spiro atoms. The minimum Gasteiger partial charge on any atom is -0.379 e. The normalized spacial score (nSPS) is 25.7. The summed E-state index contributed by atoms with van der Waals surface area (Å²) in [6.07, 6.45) is 2.18. The number of ketones is 1. The van der Waals surface area contributed by atoms with Crippen LogP contribution in [0.4, 0.5) is 0 Å². The van der Waals surface area contributed by atoms with Crippen molar-refractivity contribution in [1.82, 2.24) is 9.78 Å². The molecule has 2 unspecified atom stereocenters. The summed E-state index contributed by atoms with van der Waals surface area (Å²) < 4.78 is 6.85. The molecule has 5 heteroatoms. The van der Waals surface area contributed by atoms with Gasteiger partial charge in [0.2, 0.25) is 0 Å². The summed E-state index contributed by atoms with van der Waals surface area (Å²) >= 11 is 0. The van der Waals surface area contributed by atoms with E-state index >= 15 is 0 Å². The van der Waals surface area contributed by atoms with Crippen LogP contribution in [0.3, 0.4) is 0 Å². The first kappa shape index (κ1) is 10.3. The van der Waals surface area contributed by atoms with Crippen molar-refractivity contribution in [3.63, 3.8) is 0 Å². The number of Topliss-reactive ketones (excluding diaryl/α,β-unsaturated/α-hetero) is 1. The third kappa shape index (κ3) is 2.24. The van der Waals surface area contributed by atoms with Gasteiger partial charge in [0, 0.05) is 19.3 Å². The maximum atomic E-state index is 11.8. The number of rotatable bonds is 3. The highest BCUT2D eigenvalue weighted by atomic mass is 16.5. The van der Waals surface area contributed by atoms with E-state index in [0.717, 1.165) is 5.69 Å². The van der Waals surface area contributed by atoms with Gasteiger partial charge in [0.1, 0.15) is 5.78 Å². The quantitative estimate of drug-likeness (QED) is 0.729. The Balaban J connectivity index is 1.97. The number of nitrogens with zero attached hydrogens (tertiary/aromatic N) is 2. The number of carbonyl (C=O) groups is 1. The Bertz CT molecular complexity index is 361. The largest absolute Gasteiger partial charge is 0.379 e. The zero-order valence-corrected chi connectivity index (χ0v) is 8.72. The molecule has 0 bridgehead atoms.